The van der Waals surface area contributed by atoms with Gasteiger partial charge in [0, 0.05) is 42.4 Å². The number of hydrazine groups is 1. The molecule has 1 aromatic rings. The molecule has 4 N–H and O–H groups in total. The molecule has 0 saturated carbocycles. The molecule has 0 atom stereocenters. The number of amidine groups is 1. The molecular weight excluding hydrogens is 474 g/mol. The second-order valence-corrected chi connectivity index (χ2v) is 7.42. The fourth-order valence-corrected chi connectivity index (χ4v) is 3.55. The summed E-state index contributed by atoms with van der Waals surface area (Å²) in [6, 6.07) is 5.72. The van der Waals surface area contributed by atoms with Crippen LogP contribution in [-0.4, -0.2) is 46.4 Å². The quantitative estimate of drug-likeness (QED) is 0.343. The van der Waals surface area contributed by atoms with E-state index in [1.54, 1.807) is 6.08 Å². The summed E-state index contributed by atoms with van der Waals surface area (Å²) in [7, 11) is 0. The van der Waals surface area contributed by atoms with Crippen molar-refractivity contribution in [3.05, 3.63) is 52.0 Å². The van der Waals surface area contributed by atoms with Gasteiger partial charge in [-0.25, -0.2) is 10.9 Å². The number of hydrogen-bond acceptors (Lipinski definition) is 5. The highest BCUT2D eigenvalue weighted by atomic mass is 127. The van der Waals surface area contributed by atoms with Gasteiger partial charge in [0.2, 0.25) is 0 Å². The number of rotatable bonds is 3. The Morgan fingerprint density at radius 2 is 1.84 bits per heavy atom. The summed E-state index contributed by atoms with van der Waals surface area (Å²) in [6.45, 7) is 3.41. The van der Waals surface area contributed by atoms with Crippen molar-refractivity contribution >= 4 is 57.3 Å². The number of anilines is 1. The van der Waals surface area contributed by atoms with Crippen molar-refractivity contribution in [2.45, 2.75) is 0 Å². The molecule has 134 valence electrons. The average Bonchev–Trinajstić information content (AvgIpc) is 2.61. The van der Waals surface area contributed by atoms with E-state index in [9.17, 15) is 0 Å². The summed E-state index contributed by atoms with van der Waals surface area (Å²) < 4.78 is 0.819. The predicted octanol–water partition coefficient (Wildman–Crippen LogP) is 2.99. The molecule has 2 heterocycles. The Hall–Kier alpha value is -1.16. The molecule has 2 aliphatic heterocycles. The van der Waals surface area contributed by atoms with E-state index in [4.69, 9.17) is 34.5 Å². The van der Waals surface area contributed by atoms with Crippen LogP contribution in [0, 0.1) is 5.41 Å². The smallest absolute Gasteiger partial charge is 0.144 e. The first-order chi connectivity index (χ1) is 12.0. The van der Waals surface area contributed by atoms with Gasteiger partial charge in [-0.1, -0.05) is 45.8 Å². The van der Waals surface area contributed by atoms with Crippen molar-refractivity contribution in [3.63, 3.8) is 0 Å². The van der Waals surface area contributed by atoms with Gasteiger partial charge >= 0.3 is 0 Å². The Morgan fingerprint density at radius 1 is 1.16 bits per heavy atom. The van der Waals surface area contributed by atoms with E-state index in [1.807, 2.05) is 24.3 Å². The molecule has 0 aliphatic carbocycles. The molecule has 1 fully saturated rings. The van der Waals surface area contributed by atoms with Crippen LogP contribution in [0.5, 0.6) is 0 Å². The van der Waals surface area contributed by atoms with Crippen LogP contribution in [0.25, 0.3) is 0 Å². The van der Waals surface area contributed by atoms with Crippen molar-refractivity contribution < 1.29 is 0 Å². The lowest BCUT2D eigenvalue weighted by molar-refractivity contribution is 0.293. The summed E-state index contributed by atoms with van der Waals surface area (Å²) in [5, 5.41) is 13.9. The monoisotopic (exact) mass is 492 g/mol. The SMILES string of the molecule is N=C1C=C(N2CCN(c3ccc(Cl)c(Cl)c3)CC2)N/C(=C/CI)N1N. The number of nitrogens with zero attached hydrogens (tertiary/aromatic N) is 3. The summed E-state index contributed by atoms with van der Waals surface area (Å²) in [5.41, 5.74) is 1.08. The molecule has 0 amide bonds. The van der Waals surface area contributed by atoms with E-state index in [0.717, 1.165) is 47.9 Å². The summed E-state index contributed by atoms with van der Waals surface area (Å²) in [4.78, 5) is 4.51. The molecule has 1 aromatic carbocycles. The molecule has 6 nitrogen and oxygen atoms in total. The Bertz CT molecular complexity index is 727. The lowest BCUT2D eigenvalue weighted by Crippen LogP contribution is -2.52. The van der Waals surface area contributed by atoms with Gasteiger partial charge in [-0.05, 0) is 24.3 Å². The van der Waals surface area contributed by atoms with Crippen LogP contribution in [-0.2, 0) is 0 Å². The predicted molar refractivity (Wildman–Crippen MR) is 112 cm³/mol. The molecule has 3 rings (SSSR count). The van der Waals surface area contributed by atoms with Crippen LogP contribution in [0.3, 0.4) is 0 Å². The molecule has 0 radical (unpaired) electrons. The zero-order valence-electron chi connectivity index (χ0n) is 13.5. The first kappa shape index (κ1) is 18.6. The van der Waals surface area contributed by atoms with E-state index in [0.29, 0.717) is 10.0 Å². The molecule has 0 aromatic heterocycles. The number of nitrogens with one attached hydrogen (secondary N) is 2. The minimum Gasteiger partial charge on any atom is -0.368 e. The highest BCUT2D eigenvalue weighted by Gasteiger charge is 2.24. The average molecular weight is 493 g/mol. The number of allylic oxidation sites excluding steroid dienone is 1. The summed E-state index contributed by atoms with van der Waals surface area (Å²) in [6.07, 6.45) is 3.73. The molecular formula is C16H19Cl2IN6. The van der Waals surface area contributed by atoms with E-state index in [2.05, 4.69) is 37.7 Å². The van der Waals surface area contributed by atoms with Gasteiger partial charge in [-0.15, -0.1) is 0 Å². The van der Waals surface area contributed by atoms with Gasteiger partial charge in [0.25, 0.3) is 0 Å². The Labute approximate surface area is 170 Å². The van der Waals surface area contributed by atoms with Gasteiger partial charge in [0.15, 0.2) is 0 Å². The standard InChI is InChI=1S/C16H19Cl2IN6/c17-12-2-1-11(9-13(12)18)23-5-7-24(8-6-23)16-10-14(20)25(21)15(22-16)3-4-19/h1-3,9-10,20,22H,4-8,21H2/b15-3-,20-14?. The molecule has 9 heteroatoms. The minimum atomic E-state index is 0.275. The minimum absolute atomic E-state index is 0.275. The summed E-state index contributed by atoms with van der Waals surface area (Å²) >= 11 is 14.4. The van der Waals surface area contributed by atoms with E-state index in [-0.39, 0.29) is 5.84 Å². The van der Waals surface area contributed by atoms with Crippen molar-refractivity contribution in [2.24, 2.45) is 5.84 Å². The van der Waals surface area contributed by atoms with Crippen molar-refractivity contribution in [3.8, 4) is 0 Å². The zero-order chi connectivity index (χ0) is 18.0. The van der Waals surface area contributed by atoms with Gasteiger partial charge in [-0.2, -0.15) is 0 Å². The Balaban J connectivity index is 1.67. The number of halogens is 3. The fourth-order valence-electron chi connectivity index (χ4n) is 2.84. The van der Waals surface area contributed by atoms with Crippen molar-refractivity contribution in [2.75, 3.05) is 35.5 Å². The van der Waals surface area contributed by atoms with Crippen LogP contribution < -0.4 is 16.1 Å². The Morgan fingerprint density at radius 3 is 2.48 bits per heavy atom. The van der Waals surface area contributed by atoms with Crippen LogP contribution in [0.15, 0.2) is 42.0 Å². The number of alkyl halides is 1. The molecule has 0 bridgehead atoms. The molecule has 0 spiro atoms. The van der Waals surface area contributed by atoms with Crippen LogP contribution in [0.1, 0.15) is 0 Å². The van der Waals surface area contributed by atoms with Crippen LogP contribution >= 0.6 is 45.8 Å². The number of nitrogens with two attached hydrogens (primary N) is 1. The first-order valence-corrected chi connectivity index (χ1v) is 10.1. The third-order valence-electron chi connectivity index (χ3n) is 4.21. The second kappa shape index (κ2) is 8.03. The highest BCUT2D eigenvalue weighted by Crippen LogP contribution is 2.28. The highest BCUT2D eigenvalue weighted by molar-refractivity contribution is 14.1. The maximum absolute atomic E-state index is 8.05. The van der Waals surface area contributed by atoms with Gasteiger partial charge < -0.3 is 15.1 Å². The summed E-state index contributed by atoms with van der Waals surface area (Å²) in [5.74, 6) is 7.83. The van der Waals surface area contributed by atoms with Crippen molar-refractivity contribution in [1.82, 2.24) is 15.2 Å². The molecule has 0 unspecified atom stereocenters. The third kappa shape index (κ3) is 4.16. The maximum Gasteiger partial charge on any atom is 0.144 e. The number of benzene rings is 1. The second-order valence-electron chi connectivity index (χ2n) is 5.73. The lowest BCUT2D eigenvalue weighted by atomic mass is 10.2. The van der Waals surface area contributed by atoms with Crippen LogP contribution in [0.4, 0.5) is 5.69 Å². The maximum atomic E-state index is 8.05. The number of hydrogen-bond donors (Lipinski definition) is 3. The van der Waals surface area contributed by atoms with Gasteiger partial charge in [0.05, 0.1) is 10.0 Å². The number of piperazine rings is 1. The Kier molecular flexibility index (Phi) is 5.98. The molecule has 25 heavy (non-hydrogen) atoms. The van der Waals surface area contributed by atoms with Gasteiger partial charge in [0.1, 0.15) is 17.5 Å². The van der Waals surface area contributed by atoms with Gasteiger partial charge in [-0.3, -0.25) is 5.41 Å². The third-order valence-corrected chi connectivity index (χ3v) is 5.39. The van der Waals surface area contributed by atoms with E-state index >= 15 is 0 Å². The normalized spacial score (nSPS) is 20.0. The lowest BCUT2D eigenvalue weighted by Gasteiger charge is -2.40. The molecule has 2 aliphatic rings. The van der Waals surface area contributed by atoms with E-state index in [1.165, 1.54) is 5.01 Å². The van der Waals surface area contributed by atoms with E-state index < -0.39 is 0 Å². The zero-order valence-corrected chi connectivity index (χ0v) is 17.1. The van der Waals surface area contributed by atoms with Crippen molar-refractivity contribution in [1.29, 1.82) is 5.41 Å². The fraction of sp³-hybridized carbons (Fsp3) is 0.312. The largest absolute Gasteiger partial charge is 0.368 e. The first-order valence-electron chi connectivity index (χ1n) is 7.83. The van der Waals surface area contributed by atoms with Crippen LogP contribution in [0.2, 0.25) is 10.0 Å². The molecule has 1 saturated heterocycles. The topological polar surface area (TPSA) is 71.6 Å².